The molecule has 1 heterocycles. The molecule has 0 saturated carbocycles. The maximum Gasteiger partial charge on any atom is 0.243 e. The zero-order valence-corrected chi connectivity index (χ0v) is 17.0. The van der Waals surface area contributed by atoms with Crippen molar-refractivity contribution >= 4 is 15.9 Å². The molecule has 1 unspecified atom stereocenters. The van der Waals surface area contributed by atoms with E-state index in [0.717, 1.165) is 11.3 Å². The van der Waals surface area contributed by atoms with Gasteiger partial charge in [-0.1, -0.05) is 30.3 Å². The molecule has 1 saturated heterocycles. The summed E-state index contributed by atoms with van der Waals surface area (Å²) in [5.74, 6) is 0.632. The van der Waals surface area contributed by atoms with Crippen LogP contribution < -0.4 is 10.1 Å². The van der Waals surface area contributed by atoms with Gasteiger partial charge >= 0.3 is 0 Å². The lowest BCUT2D eigenvalue weighted by Gasteiger charge is -2.38. The number of amides is 1. The first-order chi connectivity index (χ1) is 13.3. The third-order valence-corrected chi connectivity index (χ3v) is 7.06. The summed E-state index contributed by atoms with van der Waals surface area (Å²) in [5, 5.41) is 2.96. The number of benzene rings is 2. The van der Waals surface area contributed by atoms with Gasteiger partial charge in [-0.15, -0.1) is 0 Å². The molecule has 2 aromatic rings. The fraction of sp³-hybridized carbons (Fsp3) is 0.381. The van der Waals surface area contributed by atoms with Crippen LogP contribution in [0.2, 0.25) is 0 Å². The van der Waals surface area contributed by atoms with E-state index in [-0.39, 0.29) is 17.3 Å². The second-order valence-corrected chi connectivity index (χ2v) is 9.28. The molecule has 6 nitrogen and oxygen atoms in total. The van der Waals surface area contributed by atoms with Gasteiger partial charge in [-0.05, 0) is 49.6 Å². The molecule has 2 aromatic carbocycles. The molecule has 1 fully saturated rings. The van der Waals surface area contributed by atoms with Crippen LogP contribution in [0.4, 0.5) is 0 Å². The zero-order chi connectivity index (χ0) is 20.2. The Kier molecular flexibility index (Phi) is 6.05. The van der Waals surface area contributed by atoms with Crippen molar-refractivity contribution in [3.05, 3.63) is 60.2 Å². The smallest absolute Gasteiger partial charge is 0.243 e. The maximum absolute atomic E-state index is 12.9. The molecule has 1 atom stereocenters. The number of piperidine rings is 1. The largest absolute Gasteiger partial charge is 0.497 e. The number of carbonyl (C=O) groups is 1. The van der Waals surface area contributed by atoms with Crippen molar-refractivity contribution in [3.63, 3.8) is 0 Å². The van der Waals surface area contributed by atoms with E-state index in [0.29, 0.717) is 25.9 Å². The Morgan fingerprint density at radius 1 is 1.14 bits per heavy atom. The molecule has 1 aliphatic rings. The summed E-state index contributed by atoms with van der Waals surface area (Å²) in [6.07, 6.45) is 1.31. The monoisotopic (exact) mass is 402 g/mol. The van der Waals surface area contributed by atoms with Crippen LogP contribution >= 0.6 is 0 Å². The second-order valence-electron chi connectivity index (χ2n) is 7.35. The van der Waals surface area contributed by atoms with Crippen LogP contribution in [0.3, 0.4) is 0 Å². The Bertz CT molecular complexity index is 913. The van der Waals surface area contributed by atoms with E-state index in [9.17, 15) is 13.2 Å². The zero-order valence-electron chi connectivity index (χ0n) is 16.2. The van der Waals surface area contributed by atoms with Crippen LogP contribution in [0.15, 0.2) is 59.5 Å². The number of carbonyl (C=O) groups excluding carboxylic acids is 1. The van der Waals surface area contributed by atoms with Crippen molar-refractivity contribution in [2.24, 2.45) is 5.41 Å². The molecule has 0 radical (unpaired) electrons. The summed E-state index contributed by atoms with van der Waals surface area (Å²) in [5.41, 5.74) is 0.203. The summed E-state index contributed by atoms with van der Waals surface area (Å²) in [6, 6.07) is 15.9. The molecule has 150 valence electrons. The fourth-order valence-corrected chi connectivity index (χ4v) is 5.09. The molecule has 7 heteroatoms. The van der Waals surface area contributed by atoms with Gasteiger partial charge in [-0.3, -0.25) is 4.79 Å². The molecule has 1 aliphatic heterocycles. The predicted molar refractivity (Wildman–Crippen MR) is 107 cm³/mol. The van der Waals surface area contributed by atoms with Crippen molar-refractivity contribution in [3.8, 4) is 5.75 Å². The fourth-order valence-electron chi connectivity index (χ4n) is 3.46. The van der Waals surface area contributed by atoms with Crippen molar-refractivity contribution < 1.29 is 17.9 Å². The van der Waals surface area contributed by atoms with Gasteiger partial charge in [0.25, 0.3) is 0 Å². The highest BCUT2D eigenvalue weighted by Gasteiger charge is 2.41. The second kappa shape index (κ2) is 8.32. The summed E-state index contributed by atoms with van der Waals surface area (Å²) in [7, 11) is -1.99. The highest BCUT2D eigenvalue weighted by Crippen LogP contribution is 2.33. The highest BCUT2D eigenvalue weighted by atomic mass is 32.2. The van der Waals surface area contributed by atoms with E-state index in [2.05, 4.69) is 5.32 Å². The predicted octanol–water partition coefficient (Wildman–Crippen LogP) is 2.80. The first-order valence-electron chi connectivity index (χ1n) is 9.32. The van der Waals surface area contributed by atoms with Crippen molar-refractivity contribution in [2.45, 2.75) is 31.2 Å². The summed E-state index contributed by atoms with van der Waals surface area (Å²) in [4.78, 5) is 13.1. The van der Waals surface area contributed by atoms with Crippen LogP contribution in [0.5, 0.6) is 5.75 Å². The number of rotatable bonds is 6. The van der Waals surface area contributed by atoms with Gasteiger partial charge in [0, 0.05) is 19.6 Å². The average molecular weight is 403 g/mol. The van der Waals surface area contributed by atoms with Gasteiger partial charge in [-0.2, -0.15) is 4.31 Å². The number of sulfonamides is 1. The molecular formula is C21H26N2O4S. The van der Waals surface area contributed by atoms with E-state index < -0.39 is 15.4 Å². The number of nitrogens with one attached hydrogen (secondary N) is 1. The molecule has 0 spiro atoms. The average Bonchev–Trinajstić information content (AvgIpc) is 2.73. The molecule has 0 aliphatic carbocycles. The van der Waals surface area contributed by atoms with E-state index in [4.69, 9.17) is 4.74 Å². The van der Waals surface area contributed by atoms with Gasteiger partial charge < -0.3 is 10.1 Å². The Morgan fingerprint density at radius 3 is 2.46 bits per heavy atom. The third kappa shape index (κ3) is 4.36. The molecule has 1 amide bonds. The lowest BCUT2D eigenvalue weighted by molar-refractivity contribution is -0.132. The normalized spacial score (nSPS) is 20.5. The lowest BCUT2D eigenvalue weighted by Crippen LogP contribution is -2.51. The quantitative estimate of drug-likeness (QED) is 0.806. The van der Waals surface area contributed by atoms with Crippen LogP contribution in [0, 0.1) is 5.41 Å². The molecule has 0 bridgehead atoms. The molecule has 0 aromatic heterocycles. The minimum absolute atomic E-state index is 0.128. The van der Waals surface area contributed by atoms with Crippen LogP contribution in [-0.2, 0) is 21.4 Å². The third-order valence-electron chi connectivity index (χ3n) is 5.20. The minimum atomic E-state index is -3.60. The molecule has 3 rings (SSSR count). The number of methoxy groups -OCH3 is 1. The summed E-state index contributed by atoms with van der Waals surface area (Å²) in [6.45, 7) is 2.84. The van der Waals surface area contributed by atoms with Crippen molar-refractivity contribution in [1.82, 2.24) is 9.62 Å². The SMILES string of the molecule is COc1ccc(CNC(=O)C2(C)CCCN(S(=O)(=O)c3ccccc3)C2)cc1. The van der Waals surface area contributed by atoms with Crippen LogP contribution in [0.25, 0.3) is 0 Å². The number of hydrogen-bond acceptors (Lipinski definition) is 4. The maximum atomic E-state index is 12.9. The van der Waals surface area contributed by atoms with E-state index in [1.54, 1.807) is 37.4 Å². The van der Waals surface area contributed by atoms with Crippen LogP contribution in [-0.4, -0.2) is 38.8 Å². The topological polar surface area (TPSA) is 75.7 Å². The number of ether oxygens (including phenoxy) is 1. The van der Waals surface area contributed by atoms with E-state index in [1.807, 2.05) is 31.2 Å². The number of nitrogens with zero attached hydrogens (tertiary/aromatic N) is 1. The first kappa shape index (κ1) is 20.4. The Morgan fingerprint density at radius 2 is 1.82 bits per heavy atom. The van der Waals surface area contributed by atoms with E-state index in [1.165, 1.54) is 4.31 Å². The Hall–Kier alpha value is -2.38. The minimum Gasteiger partial charge on any atom is -0.497 e. The van der Waals surface area contributed by atoms with E-state index >= 15 is 0 Å². The number of hydrogen-bond donors (Lipinski definition) is 1. The van der Waals surface area contributed by atoms with Gasteiger partial charge in [0.2, 0.25) is 15.9 Å². The molecule has 28 heavy (non-hydrogen) atoms. The summed E-state index contributed by atoms with van der Waals surface area (Å²) < 4.78 is 32.4. The first-order valence-corrected chi connectivity index (χ1v) is 10.8. The van der Waals surface area contributed by atoms with Crippen LogP contribution in [0.1, 0.15) is 25.3 Å². The Labute approximate surface area is 166 Å². The van der Waals surface area contributed by atoms with Gasteiger partial charge in [-0.25, -0.2) is 8.42 Å². The van der Waals surface area contributed by atoms with Gasteiger partial charge in [0.15, 0.2) is 0 Å². The highest BCUT2D eigenvalue weighted by molar-refractivity contribution is 7.89. The van der Waals surface area contributed by atoms with Crippen molar-refractivity contribution in [1.29, 1.82) is 0 Å². The Balaban J connectivity index is 1.67. The van der Waals surface area contributed by atoms with Gasteiger partial charge in [0.05, 0.1) is 17.4 Å². The molecular weight excluding hydrogens is 376 g/mol. The van der Waals surface area contributed by atoms with Crippen molar-refractivity contribution in [2.75, 3.05) is 20.2 Å². The standard InChI is InChI=1S/C21H26N2O4S/c1-21(20(24)22-15-17-9-11-18(27-2)12-10-17)13-6-14-23(16-21)28(25,26)19-7-4-3-5-8-19/h3-5,7-12H,6,13-16H2,1-2H3,(H,22,24). The van der Waals surface area contributed by atoms with Gasteiger partial charge in [0.1, 0.15) is 5.75 Å². The summed E-state index contributed by atoms with van der Waals surface area (Å²) >= 11 is 0. The molecule has 1 N–H and O–H groups in total. The lowest BCUT2D eigenvalue weighted by atomic mass is 9.82.